The Kier molecular flexibility index (Phi) is 7.37. The van der Waals surface area contributed by atoms with Gasteiger partial charge in [0.15, 0.2) is 6.23 Å². The number of hydrogen-bond acceptors (Lipinski definition) is 6. The van der Waals surface area contributed by atoms with E-state index in [1.54, 1.807) is 15.8 Å². The van der Waals surface area contributed by atoms with Gasteiger partial charge in [0.1, 0.15) is 11.3 Å². The SMILES string of the molecule is Cc1ccc(CN(Cc2ccccc2)C(=O)C(=O)Nc2cnc(N)c3cnn(C4CCCCO4)c23)c(C)c1. The number of nitrogens with two attached hydrogens (primary N) is 1. The highest BCUT2D eigenvalue weighted by Crippen LogP contribution is 2.32. The van der Waals surface area contributed by atoms with Gasteiger partial charge in [0, 0.05) is 19.7 Å². The number of aryl methyl sites for hydroxylation is 2. The zero-order chi connectivity index (χ0) is 26.6. The molecule has 2 aromatic heterocycles. The minimum absolute atomic E-state index is 0.270. The molecule has 9 heteroatoms. The topological polar surface area (TPSA) is 115 Å². The number of nitrogen functional groups attached to an aromatic ring is 1. The first-order valence-corrected chi connectivity index (χ1v) is 12.8. The standard InChI is InChI=1S/C29H32N6O3/c1-19-11-12-22(20(2)14-19)18-34(17-21-8-4-3-5-9-21)29(37)28(36)33-24-16-31-27(30)23-15-32-35(26(23)24)25-10-6-7-13-38-25/h3-5,8-9,11-12,14-16,25H,6-7,10,13,17-18H2,1-2H3,(H2,30,31)(H,33,36). The smallest absolute Gasteiger partial charge is 0.314 e. The van der Waals surface area contributed by atoms with E-state index >= 15 is 0 Å². The van der Waals surface area contributed by atoms with Gasteiger partial charge in [-0.2, -0.15) is 5.10 Å². The van der Waals surface area contributed by atoms with Gasteiger partial charge in [0.2, 0.25) is 0 Å². The second-order valence-corrected chi connectivity index (χ2v) is 9.76. The number of amides is 2. The van der Waals surface area contributed by atoms with Crippen molar-refractivity contribution in [1.29, 1.82) is 0 Å². The molecule has 2 amide bonds. The number of hydrogen-bond donors (Lipinski definition) is 2. The summed E-state index contributed by atoms with van der Waals surface area (Å²) in [5.74, 6) is -1.10. The number of ether oxygens (including phenoxy) is 1. The Labute approximate surface area is 221 Å². The maximum absolute atomic E-state index is 13.6. The van der Waals surface area contributed by atoms with Crippen molar-refractivity contribution in [3.63, 3.8) is 0 Å². The van der Waals surface area contributed by atoms with Crippen LogP contribution < -0.4 is 11.1 Å². The Bertz CT molecular complexity index is 1460. The van der Waals surface area contributed by atoms with Crippen LogP contribution in [0.4, 0.5) is 11.5 Å². The molecule has 1 aliphatic heterocycles. The highest BCUT2D eigenvalue weighted by Gasteiger charge is 2.26. The first kappa shape index (κ1) is 25.4. The number of nitrogens with zero attached hydrogens (tertiary/aromatic N) is 4. The minimum atomic E-state index is -0.754. The summed E-state index contributed by atoms with van der Waals surface area (Å²) in [6.07, 6.45) is 5.62. The number of rotatable bonds is 6. The average Bonchev–Trinajstić information content (AvgIpc) is 3.38. The lowest BCUT2D eigenvalue weighted by Crippen LogP contribution is -2.39. The maximum Gasteiger partial charge on any atom is 0.314 e. The molecule has 0 saturated carbocycles. The summed E-state index contributed by atoms with van der Waals surface area (Å²) in [5.41, 5.74) is 11.2. The number of pyridine rings is 1. The highest BCUT2D eigenvalue weighted by molar-refractivity contribution is 6.40. The third-order valence-electron chi connectivity index (χ3n) is 6.89. The van der Waals surface area contributed by atoms with E-state index in [0.29, 0.717) is 42.1 Å². The summed E-state index contributed by atoms with van der Waals surface area (Å²) in [4.78, 5) is 32.8. The molecule has 196 valence electrons. The van der Waals surface area contributed by atoms with E-state index in [-0.39, 0.29) is 6.23 Å². The van der Waals surface area contributed by atoms with Crippen LogP contribution in [0.25, 0.3) is 10.9 Å². The van der Waals surface area contributed by atoms with Gasteiger partial charge in [-0.15, -0.1) is 0 Å². The molecule has 0 radical (unpaired) electrons. The van der Waals surface area contributed by atoms with Crippen molar-refractivity contribution in [2.45, 2.75) is 52.4 Å². The Balaban J connectivity index is 1.44. The van der Waals surface area contributed by atoms with E-state index in [0.717, 1.165) is 41.5 Å². The van der Waals surface area contributed by atoms with Crippen LogP contribution in [0.1, 0.15) is 47.7 Å². The molecule has 1 saturated heterocycles. The minimum Gasteiger partial charge on any atom is -0.383 e. The summed E-state index contributed by atoms with van der Waals surface area (Å²) >= 11 is 0. The van der Waals surface area contributed by atoms with Crippen LogP contribution >= 0.6 is 0 Å². The largest absolute Gasteiger partial charge is 0.383 e. The summed E-state index contributed by atoms with van der Waals surface area (Å²) < 4.78 is 7.65. The molecule has 9 nitrogen and oxygen atoms in total. The fourth-order valence-corrected chi connectivity index (χ4v) is 4.86. The fraction of sp³-hybridized carbons (Fsp3) is 0.310. The van der Waals surface area contributed by atoms with Crippen molar-refractivity contribution in [2.75, 3.05) is 17.7 Å². The van der Waals surface area contributed by atoms with Crippen LogP contribution in [0.5, 0.6) is 0 Å². The lowest BCUT2D eigenvalue weighted by atomic mass is 10.0. The normalized spacial score (nSPS) is 15.4. The highest BCUT2D eigenvalue weighted by atomic mass is 16.5. The van der Waals surface area contributed by atoms with E-state index in [2.05, 4.69) is 21.5 Å². The van der Waals surface area contributed by atoms with Crippen LogP contribution in [0.2, 0.25) is 0 Å². The van der Waals surface area contributed by atoms with E-state index in [9.17, 15) is 9.59 Å². The molecule has 2 aromatic carbocycles. The van der Waals surface area contributed by atoms with Crippen molar-refractivity contribution in [2.24, 2.45) is 0 Å². The molecule has 38 heavy (non-hydrogen) atoms. The lowest BCUT2D eigenvalue weighted by molar-refractivity contribution is -0.144. The van der Waals surface area contributed by atoms with Gasteiger partial charge < -0.3 is 20.7 Å². The summed E-state index contributed by atoms with van der Waals surface area (Å²) in [6, 6.07) is 15.7. The van der Waals surface area contributed by atoms with Crippen LogP contribution in [0.3, 0.4) is 0 Å². The van der Waals surface area contributed by atoms with Gasteiger partial charge in [0.25, 0.3) is 0 Å². The predicted octanol–water partition coefficient (Wildman–Crippen LogP) is 4.50. The molecule has 1 unspecified atom stereocenters. The van der Waals surface area contributed by atoms with Crippen LogP contribution in [-0.2, 0) is 27.4 Å². The molecule has 4 aromatic rings. The molecule has 0 aliphatic carbocycles. The monoisotopic (exact) mass is 512 g/mol. The van der Waals surface area contributed by atoms with Gasteiger partial charge in [-0.1, -0.05) is 54.1 Å². The molecule has 0 bridgehead atoms. The Morgan fingerprint density at radius 2 is 1.92 bits per heavy atom. The third kappa shape index (κ3) is 5.38. The first-order chi connectivity index (χ1) is 18.4. The van der Waals surface area contributed by atoms with Gasteiger partial charge in [-0.05, 0) is 49.8 Å². The van der Waals surface area contributed by atoms with Gasteiger partial charge in [-0.25, -0.2) is 9.67 Å². The number of anilines is 2. The van der Waals surface area contributed by atoms with Crippen molar-refractivity contribution in [3.05, 3.63) is 83.2 Å². The third-order valence-corrected chi connectivity index (χ3v) is 6.89. The van der Waals surface area contributed by atoms with Gasteiger partial charge >= 0.3 is 11.8 Å². The van der Waals surface area contributed by atoms with E-state index < -0.39 is 11.8 Å². The summed E-state index contributed by atoms with van der Waals surface area (Å²) in [6.45, 7) is 5.28. The molecule has 1 aliphatic rings. The molecule has 5 rings (SSSR count). The zero-order valence-corrected chi connectivity index (χ0v) is 21.7. The fourth-order valence-electron chi connectivity index (χ4n) is 4.86. The van der Waals surface area contributed by atoms with Crippen LogP contribution in [0.15, 0.2) is 60.9 Å². The molecular formula is C29H32N6O3. The Morgan fingerprint density at radius 3 is 2.66 bits per heavy atom. The quantitative estimate of drug-likeness (QED) is 0.368. The number of nitrogens with one attached hydrogen (secondary N) is 1. The second kappa shape index (κ2) is 11.0. The van der Waals surface area contributed by atoms with Crippen molar-refractivity contribution >= 4 is 34.2 Å². The summed E-state index contributed by atoms with van der Waals surface area (Å²) in [7, 11) is 0. The predicted molar refractivity (Wildman–Crippen MR) is 146 cm³/mol. The van der Waals surface area contributed by atoms with Crippen LogP contribution in [0, 0.1) is 13.8 Å². The molecule has 3 heterocycles. The van der Waals surface area contributed by atoms with Crippen molar-refractivity contribution in [3.8, 4) is 0 Å². The molecule has 1 fully saturated rings. The summed E-state index contributed by atoms with van der Waals surface area (Å²) in [5, 5.41) is 7.87. The average molecular weight is 513 g/mol. The maximum atomic E-state index is 13.6. The molecule has 0 spiro atoms. The number of aromatic nitrogens is 3. The number of benzene rings is 2. The Hall–Kier alpha value is -4.24. The molecular weight excluding hydrogens is 480 g/mol. The van der Waals surface area contributed by atoms with E-state index in [1.165, 1.54) is 6.20 Å². The zero-order valence-electron chi connectivity index (χ0n) is 21.7. The van der Waals surface area contributed by atoms with E-state index in [1.807, 2.05) is 56.3 Å². The van der Waals surface area contributed by atoms with Gasteiger partial charge in [0.05, 0.1) is 23.5 Å². The first-order valence-electron chi connectivity index (χ1n) is 12.8. The Morgan fingerprint density at radius 1 is 1.11 bits per heavy atom. The lowest BCUT2D eigenvalue weighted by Gasteiger charge is -2.25. The number of carbonyl (C=O) groups excluding carboxylic acids is 2. The molecule has 3 N–H and O–H groups in total. The second-order valence-electron chi connectivity index (χ2n) is 9.76. The van der Waals surface area contributed by atoms with Gasteiger partial charge in [-0.3, -0.25) is 9.59 Å². The van der Waals surface area contributed by atoms with E-state index in [4.69, 9.17) is 10.5 Å². The molecule has 1 atom stereocenters. The van der Waals surface area contributed by atoms with Crippen LogP contribution in [-0.4, -0.2) is 38.1 Å². The van der Waals surface area contributed by atoms with Crippen molar-refractivity contribution < 1.29 is 14.3 Å². The van der Waals surface area contributed by atoms with Crippen molar-refractivity contribution in [1.82, 2.24) is 19.7 Å². The number of carbonyl (C=O) groups is 2. The number of fused-ring (bicyclic) bond motifs is 1.